The van der Waals surface area contributed by atoms with Gasteiger partial charge in [-0.15, -0.1) is 0 Å². The lowest BCUT2D eigenvalue weighted by Crippen LogP contribution is -2.13. The number of anilines is 2. The lowest BCUT2D eigenvalue weighted by molar-refractivity contribution is -0.114. The topological polar surface area (TPSA) is 70.1 Å². The SMILES string of the molecule is CC(=O)Nc1[nH]n(C)c(=O)c1C=C=C1Sc2ccccc2N1C. The molecular formula is C16H16N4O2S. The van der Waals surface area contributed by atoms with Gasteiger partial charge in [0.1, 0.15) is 10.8 Å². The molecule has 0 radical (unpaired) electrons. The molecule has 0 bridgehead atoms. The van der Waals surface area contributed by atoms with E-state index in [1.54, 1.807) is 24.9 Å². The second-order valence-corrected chi connectivity index (χ2v) is 6.20. The van der Waals surface area contributed by atoms with Crippen LogP contribution in [0.2, 0.25) is 0 Å². The molecule has 2 heterocycles. The van der Waals surface area contributed by atoms with E-state index in [0.717, 1.165) is 15.6 Å². The highest BCUT2D eigenvalue weighted by molar-refractivity contribution is 8.03. The van der Waals surface area contributed by atoms with Crippen LogP contribution in [0.3, 0.4) is 0 Å². The van der Waals surface area contributed by atoms with Crippen molar-refractivity contribution < 1.29 is 4.79 Å². The zero-order chi connectivity index (χ0) is 16.6. The van der Waals surface area contributed by atoms with Gasteiger partial charge in [0.25, 0.3) is 5.56 Å². The Morgan fingerprint density at radius 2 is 2.09 bits per heavy atom. The predicted octanol–water partition coefficient (Wildman–Crippen LogP) is 2.37. The lowest BCUT2D eigenvalue weighted by Gasteiger charge is -2.10. The molecule has 0 fully saturated rings. The van der Waals surface area contributed by atoms with Crippen molar-refractivity contribution in [2.75, 3.05) is 17.3 Å². The van der Waals surface area contributed by atoms with Crippen LogP contribution in [-0.2, 0) is 11.8 Å². The van der Waals surface area contributed by atoms with Crippen molar-refractivity contribution >= 4 is 35.3 Å². The van der Waals surface area contributed by atoms with Crippen LogP contribution < -0.4 is 15.8 Å². The van der Waals surface area contributed by atoms with Crippen LogP contribution in [0.4, 0.5) is 11.5 Å². The van der Waals surface area contributed by atoms with Crippen molar-refractivity contribution in [1.82, 2.24) is 9.78 Å². The average Bonchev–Trinajstić information content (AvgIpc) is 2.96. The van der Waals surface area contributed by atoms with Crippen LogP contribution in [0.5, 0.6) is 0 Å². The molecule has 2 aromatic rings. The smallest absolute Gasteiger partial charge is 0.276 e. The minimum Gasteiger partial charge on any atom is -0.332 e. The monoisotopic (exact) mass is 328 g/mol. The maximum Gasteiger partial charge on any atom is 0.276 e. The van der Waals surface area contributed by atoms with Gasteiger partial charge in [-0.25, -0.2) is 0 Å². The standard InChI is InChI=1S/C16H16N4O2S/c1-10(21)17-15-11(16(22)20(3)18-15)8-9-14-19(2)12-6-4-5-7-13(12)23-14/h4-8,18H,1-3H3,(H,17,21). The molecule has 118 valence electrons. The zero-order valence-electron chi connectivity index (χ0n) is 13.0. The number of nitrogens with zero attached hydrogens (tertiary/aromatic N) is 2. The molecule has 1 amide bonds. The number of nitrogens with one attached hydrogen (secondary N) is 2. The molecule has 3 rings (SSSR count). The molecule has 6 nitrogen and oxygen atoms in total. The molecule has 0 atom stereocenters. The van der Waals surface area contributed by atoms with E-state index in [2.05, 4.69) is 16.1 Å². The van der Waals surface area contributed by atoms with E-state index >= 15 is 0 Å². The molecule has 1 aliphatic heterocycles. The second kappa shape index (κ2) is 5.87. The number of carbonyl (C=O) groups excluding carboxylic acids is 1. The number of para-hydroxylation sites is 1. The number of hydrogen-bond acceptors (Lipinski definition) is 4. The molecule has 7 heteroatoms. The van der Waals surface area contributed by atoms with Gasteiger partial charge in [-0.3, -0.25) is 19.4 Å². The van der Waals surface area contributed by atoms with Crippen LogP contribution in [0, 0.1) is 0 Å². The fraction of sp³-hybridized carbons (Fsp3) is 0.188. The second-order valence-electron chi connectivity index (χ2n) is 5.17. The Hall–Kier alpha value is -2.63. The lowest BCUT2D eigenvalue weighted by atomic mass is 10.3. The summed E-state index contributed by atoms with van der Waals surface area (Å²) in [6, 6.07) is 8.06. The maximum absolute atomic E-state index is 12.2. The van der Waals surface area contributed by atoms with Gasteiger partial charge in [-0.2, -0.15) is 0 Å². The first-order chi connectivity index (χ1) is 11.0. The molecule has 0 spiro atoms. The summed E-state index contributed by atoms with van der Waals surface area (Å²) < 4.78 is 1.32. The Bertz CT molecular complexity index is 903. The number of thioether (sulfide) groups is 1. The van der Waals surface area contributed by atoms with Crippen molar-refractivity contribution in [3.63, 3.8) is 0 Å². The van der Waals surface area contributed by atoms with E-state index in [9.17, 15) is 9.59 Å². The number of rotatable bonds is 2. The van der Waals surface area contributed by atoms with Gasteiger partial charge in [-0.1, -0.05) is 29.6 Å². The normalized spacial score (nSPS) is 12.8. The summed E-state index contributed by atoms with van der Waals surface area (Å²) in [5, 5.41) is 6.33. The van der Waals surface area contributed by atoms with Gasteiger partial charge in [0.2, 0.25) is 5.91 Å². The molecule has 2 N–H and O–H groups in total. The van der Waals surface area contributed by atoms with Gasteiger partial charge >= 0.3 is 0 Å². The molecule has 0 saturated carbocycles. The van der Waals surface area contributed by atoms with Crippen LogP contribution in [0.15, 0.2) is 44.7 Å². The zero-order valence-corrected chi connectivity index (χ0v) is 13.8. The fourth-order valence-electron chi connectivity index (χ4n) is 2.33. The summed E-state index contributed by atoms with van der Waals surface area (Å²) in [5.74, 6) is 0.134. The third-order valence-electron chi connectivity index (χ3n) is 3.46. The molecular weight excluding hydrogens is 312 g/mol. The van der Waals surface area contributed by atoms with E-state index in [1.807, 2.05) is 36.2 Å². The number of amides is 1. The summed E-state index contributed by atoms with van der Waals surface area (Å²) in [5.41, 5.74) is 4.42. The summed E-state index contributed by atoms with van der Waals surface area (Å²) in [6.07, 6.45) is 1.61. The maximum atomic E-state index is 12.2. The van der Waals surface area contributed by atoms with Crippen LogP contribution in [0.25, 0.3) is 6.08 Å². The number of H-pyrrole nitrogens is 1. The molecule has 1 aromatic carbocycles. The highest BCUT2D eigenvalue weighted by atomic mass is 32.2. The third-order valence-corrected chi connectivity index (χ3v) is 4.61. The molecule has 1 aliphatic rings. The molecule has 23 heavy (non-hydrogen) atoms. The van der Waals surface area contributed by atoms with Crippen LogP contribution >= 0.6 is 11.8 Å². The van der Waals surface area contributed by atoms with E-state index in [0.29, 0.717) is 11.4 Å². The summed E-state index contributed by atoms with van der Waals surface area (Å²) in [6.45, 7) is 1.40. The minimum absolute atomic E-state index is 0.218. The Morgan fingerprint density at radius 1 is 1.35 bits per heavy atom. The summed E-state index contributed by atoms with van der Waals surface area (Å²) in [7, 11) is 3.56. The molecule has 1 aromatic heterocycles. The van der Waals surface area contributed by atoms with Gasteiger partial charge < -0.3 is 10.2 Å². The Kier molecular flexibility index (Phi) is 3.90. The quantitative estimate of drug-likeness (QED) is 0.831. The highest BCUT2D eigenvalue weighted by Crippen LogP contribution is 2.44. The first-order valence-electron chi connectivity index (χ1n) is 7.01. The summed E-state index contributed by atoms with van der Waals surface area (Å²) >= 11 is 1.59. The van der Waals surface area contributed by atoms with E-state index in [4.69, 9.17) is 0 Å². The highest BCUT2D eigenvalue weighted by Gasteiger charge is 2.21. The van der Waals surface area contributed by atoms with Crippen molar-refractivity contribution in [3.8, 4) is 0 Å². The number of aromatic nitrogens is 2. The van der Waals surface area contributed by atoms with E-state index in [1.165, 1.54) is 11.6 Å². The number of fused-ring (bicyclic) bond motifs is 1. The van der Waals surface area contributed by atoms with Crippen LogP contribution in [-0.4, -0.2) is 22.7 Å². The van der Waals surface area contributed by atoms with Crippen molar-refractivity contribution in [2.24, 2.45) is 7.05 Å². The third kappa shape index (κ3) is 2.84. The largest absolute Gasteiger partial charge is 0.332 e. The molecule has 0 aliphatic carbocycles. The number of benzene rings is 1. The van der Waals surface area contributed by atoms with Gasteiger partial charge in [0.15, 0.2) is 0 Å². The average molecular weight is 328 g/mol. The molecule has 0 unspecified atom stereocenters. The van der Waals surface area contributed by atoms with Gasteiger partial charge in [0.05, 0.1) is 11.3 Å². The predicted molar refractivity (Wildman–Crippen MR) is 92.5 cm³/mol. The Morgan fingerprint density at radius 3 is 2.78 bits per heavy atom. The van der Waals surface area contributed by atoms with Crippen LogP contribution in [0.1, 0.15) is 12.5 Å². The van der Waals surface area contributed by atoms with E-state index < -0.39 is 0 Å². The fourth-order valence-corrected chi connectivity index (χ4v) is 3.35. The number of hydrogen-bond donors (Lipinski definition) is 2. The Labute approximate surface area is 137 Å². The van der Waals surface area contributed by atoms with Crippen molar-refractivity contribution in [2.45, 2.75) is 11.8 Å². The summed E-state index contributed by atoms with van der Waals surface area (Å²) in [4.78, 5) is 26.6. The Balaban J connectivity index is 2.01. The van der Waals surface area contributed by atoms with Gasteiger partial charge in [0, 0.05) is 25.9 Å². The minimum atomic E-state index is -0.242. The van der Waals surface area contributed by atoms with E-state index in [-0.39, 0.29) is 11.5 Å². The van der Waals surface area contributed by atoms with Crippen molar-refractivity contribution in [3.05, 3.63) is 50.9 Å². The number of carbonyl (C=O) groups is 1. The number of aromatic amines is 1. The number of aryl methyl sites for hydroxylation is 1. The first-order valence-corrected chi connectivity index (χ1v) is 7.83. The van der Waals surface area contributed by atoms with Crippen molar-refractivity contribution in [1.29, 1.82) is 0 Å². The van der Waals surface area contributed by atoms with Gasteiger partial charge in [-0.05, 0) is 18.2 Å². The molecule has 0 saturated heterocycles. The first kappa shape index (κ1) is 15.3.